The summed E-state index contributed by atoms with van der Waals surface area (Å²) in [5.74, 6) is -0.354. The molecule has 140 valence electrons. The Morgan fingerprint density at radius 2 is 2.00 bits per heavy atom. The Bertz CT molecular complexity index is 929. The van der Waals surface area contributed by atoms with Gasteiger partial charge in [-0.1, -0.05) is 35.5 Å². The monoisotopic (exact) mass is 401 g/mol. The zero-order valence-corrected chi connectivity index (χ0v) is 16.9. The molecule has 0 saturated carbocycles. The van der Waals surface area contributed by atoms with Gasteiger partial charge in [-0.3, -0.25) is 14.5 Å². The Morgan fingerprint density at radius 1 is 1.22 bits per heavy atom. The topological polar surface area (TPSA) is 61.8 Å². The smallest absolute Gasteiger partial charge is 0.242 e. The summed E-state index contributed by atoms with van der Waals surface area (Å²) in [6.07, 6.45) is 0.0757. The van der Waals surface area contributed by atoms with Crippen LogP contribution in [0.15, 0.2) is 47.5 Å². The van der Waals surface area contributed by atoms with E-state index >= 15 is 0 Å². The molecule has 1 heterocycles. The molecule has 1 aliphatic heterocycles. The number of nitrogens with one attached hydrogen (secondary N) is 1. The molecule has 7 heteroatoms. The fourth-order valence-corrected chi connectivity index (χ4v) is 3.99. The first kappa shape index (κ1) is 19.5. The summed E-state index contributed by atoms with van der Waals surface area (Å²) >= 11 is 7.24. The highest BCUT2D eigenvalue weighted by Gasteiger charge is 2.37. The molecule has 0 radical (unpaired) electrons. The van der Waals surface area contributed by atoms with Gasteiger partial charge in [0.2, 0.25) is 11.8 Å². The summed E-state index contributed by atoms with van der Waals surface area (Å²) in [4.78, 5) is 30.9. The maximum Gasteiger partial charge on any atom is 0.242 e. The Labute approximate surface area is 167 Å². The number of aliphatic imine (C=N–C) groups is 1. The van der Waals surface area contributed by atoms with Crippen LogP contribution in [0.2, 0.25) is 5.02 Å². The van der Waals surface area contributed by atoms with Crippen molar-refractivity contribution >= 4 is 51.7 Å². The van der Waals surface area contributed by atoms with Gasteiger partial charge in [-0.05, 0) is 55.3 Å². The van der Waals surface area contributed by atoms with Crippen molar-refractivity contribution in [1.82, 2.24) is 4.90 Å². The quantitative estimate of drug-likeness (QED) is 0.817. The van der Waals surface area contributed by atoms with Gasteiger partial charge >= 0.3 is 0 Å². The number of rotatable bonds is 4. The Hall–Kier alpha value is -2.31. The van der Waals surface area contributed by atoms with Gasteiger partial charge in [0, 0.05) is 24.2 Å². The third-order valence-corrected chi connectivity index (χ3v) is 5.80. The molecule has 2 amide bonds. The predicted molar refractivity (Wildman–Crippen MR) is 112 cm³/mol. The van der Waals surface area contributed by atoms with E-state index in [9.17, 15) is 9.59 Å². The molecule has 1 atom stereocenters. The number of benzene rings is 2. The number of hydrogen-bond donors (Lipinski definition) is 1. The third-order valence-electron chi connectivity index (χ3n) is 4.34. The zero-order valence-electron chi connectivity index (χ0n) is 15.3. The van der Waals surface area contributed by atoms with E-state index in [1.807, 2.05) is 32.0 Å². The number of nitrogens with zero attached hydrogens (tertiary/aromatic N) is 2. The van der Waals surface area contributed by atoms with E-state index < -0.39 is 5.25 Å². The first-order valence-electron chi connectivity index (χ1n) is 8.49. The van der Waals surface area contributed by atoms with Crippen LogP contribution in [0.4, 0.5) is 11.4 Å². The van der Waals surface area contributed by atoms with Crippen LogP contribution in [0.25, 0.3) is 0 Å². The van der Waals surface area contributed by atoms with Gasteiger partial charge in [0.25, 0.3) is 0 Å². The third kappa shape index (κ3) is 4.70. The van der Waals surface area contributed by atoms with E-state index in [4.69, 9.17) is 11.6 Å². The van der Waals surface area contributed by atoms with Crippen molar-refractivity contribution in [3.63, 3.8) is 0 Å². The van der Waals surface area contributed by atoms with Crippen molar-refractivity contribution in [3.8, 4) is 0 Å². The molecule has 2 aromatic carbocycles. The fraction of sp³-hybridized carbons (Fsp3) is 0.250. The maximum absolute atomic E-state index is 12.5. The standard InChI is InChI=1S/C20H20ClN3O2S/c1-12-7-8-16(9-13(12)2)23-20-24(3)19(26)17(27-20)11-18(25)22-15-6-4-5-14(21)10-15/h4-10,17H,11H2,1-3H3,(H,22,25). The first-order chi connectivity index (χ1) is 12.8. The van der Waals surface area contributed by atoms with Crippen molar-refractivity contribution in [2.75, 3.05) is 12.4 Å². The van der Waals surface area contributed by atoms with Gasteiger partial charge < -0.3 is 5.32 Å². The summed E-state index contributed by atoms with van der Waals surface area (Å²) in [6.45, 7) is 4.07. The van der Waals surface area contributed by atoms with E-state index in [2.05, 4.69) is 10.3 Å². The highest BCUT2D eigenvalue weighted by Crippen LogP contribution is 2.31. The fourth-order valence-electron chi connectivity index (χ4n) is 2.65. The van der Waals surface area contributed by atoms with Crippen LogP contribution in [-0.2, 0) is 9.59 Å². The summed E-state index contributed by atoms with van der Waals surface area (Å²) in [5, 5.41) is 3.43. The van der Waals surface area contributed by atoms with Crippen LogP contribution in [-0.4, -0.2) is 34.2 Å². The summed E-state index contributed by atoms with van der Waals surface area (Å²) in [6, 6.07) is 12.8. The second-order valence-electron chi connectivity index (χ2n) is 6.43. The molecule has 5 nitrogen and oxygen atoms in total. The average molecular weight is 402 g/mol. The molecule has 0 spiro atoms. The van der Waals surface area contributed by atoms with E-state index in [0.717, 1.165) is 11.3 Å². The lowest BCUT2D eigenvalue weighted by atomic mass is 10.1. The van der Waals surface area contributed by atoms with E-state index in [-0.39, 0.29) is 18.2 Å². The van der Waals surface area contributed by atoms with E-state index in [1.54, 1.807) is 31.3 Å². The molecule has 1 aliphatic rings. The summed E-state index contributed by atoms with van der Waals surface area (Å²) in [7, 11) is 1.68. The number of hydrogen-bond acceptors (Lipinski definition) is 4. The van der Waals surface area contributed by atoms with Gasteiger partial charge in [0.15, 0.2) is 5.17 Å². The number of halogens is 1. The minimum Gasteiger partial charge on any atom is -0.326 e. The molecule has 0 aromatic heterocycles. The lowest BCUT2D eigenvalue weighted by Gasteiger charge is -2.09. The van der Waals surface area contributed by atoms with Crippen LogP contribution >= 0.6 is 23.4 Å². The van der Waals surface area contributed by atoms with Crippen molar-refractivity contribution < 1.29 is 9.59 Å². The normalized spacial score (nSPS) is 18.2. The van der Waals surface area contributed by atoms with Gasteiger partial charge in [0.1, 0.15) is 5.25 Å². The summed E-state index contributed by atoms with van der Waals surface area (Å²) in [5.41, 5.74) is 3.74. The lowest BCUT2D eigenvalue weighted by molar-refractivity contribution is -0.127. The molecule has 1 fully saturated rings. The van der Waals surface area contributed by atoms with Crippen molar-refractivity contribution in [2.45, 2.75) is 25.5 Å². The molecule has 2 aromatic rings. The number of amides is 2. The second-order valence-corrected chi connectivity index (χ2v) is 8.04. The molecule has 27 heavy (non-hydrogen) atoms. The minimum atomic E-state index is -0.487. The number of thioether (sulfide) groups is 1. The molecule has 0 bridgehead atoms. The van der Waals surface area contributed by atoms with Gasteiger partial charge in [-0.25, -0.2) is 4.99 Å². The van der Waals surface area contributed by atoms with Crippen LogP contribution < -0.4 is 5.32 Å². The Kier molecular flexibility index (Phi) is 5.87. The largest absolute Gasteiger partial charge is 0.326 e. The molecule has 3 rings (SSSR count). The van der Waals surface area contributed by atoms with Crippen molar-refractivity contribution in [3.05, 3.63) is 58.6 Å². The highest BCUT2D eigenvalue weighted by molar-refractivity contribution is 8.15. The van der Waals surface area contributed by atoms with Crippen LogP contribution in [0.1, 0.15) is 17.5 Å². The minimum absolute atomic E-state index is 0.0757. The van der Waals surface area contributed by atoms with Crippen LogP contribution in [0.5, 0.6) is 0 Å². The van der Waals surface area contributed by atoms with E-state index in [1.165, 1.54) is 22.2 Å². The number of amidine groups is 1. The molecular formula is C20H20ClN3O2S. The highest BCUT2D eigenvalue weighted by atomic mass is 35.5. The van der Waals surface area contributed by atoms with Gasteiger partial charge in [0.05, 0.1) is 5.69 Å². The number of carbonyl (C=O) groups is 2. The molecule has 1 saturated heterocycles. The zero-order chi connectivity index (χ0) is 19.6. The summed E-state index contributed by atoms with van der Waals surface area (Å²) < 4.78 is 0. The molecule has 1 N–H and O–H groups in total. The lowest BCUT2D eigenvalue weighted by Crippen LogP contribution is -2.30. The number of aryl methyl sites for hydroxylation is 2. The van der Waals surface area contributed by atoms with Crippen LogP contribution in [0, 0.1) is 13.8 Å². The van der Waals surface area contributed by atoms with Crippen molar-refractivity contribution in [1.29, 1.82) is 0 Å². The van der Waals surface area contributed by atoms with Crippen LogP contribution in [0.3, 0.4) is 0 Å². The average Bonchev–Trinajstić information content (AvgIpc) is 2.86. The van der Waals surface area contributed by atoms with Gasteiger partial charge in [-0.2, -0.15) is 0 Å². The Balaban J connectivity index is 1.69. The predicted octanol–water partition coefficient (Wildman–Crippen LogP) is 4.55. The second kappa shape index (κ2) is 8.15. The van der Waals surface area contributed by atoms with Gasteiger partial charge in [-0.15, -0.1) is 0 Å². The molecule has 0 aliphatic carbocycles. The molecule has 1 unspecified atom stereocenters. The number of anilines is 1. The number of carbonyl (C=O) groups excluding carboxylic acids is 2. The molecular weight excluding hydrogens is 382 g/mol. The van der Waals surface area contributed by atoms with Crippen molar-refractivity contribution in [2.24, 2.45) is 4.99 Å². The first-order valence-corrected chi connectivity index (χ1v) is 9.75. The SMILES string of the molecule is Cc1ccc(N=C2SC(CC(=O)Nc3cccc(Cl)c3)C(=O)N2C)cc1C. The maximum atomic E-state index is 12.5. The Morgan fingerprint density at radius 3 is 2.70 bits per heavy atom. The van der Waals surface area contributed by atoms with E-state index in [0.29, 0.717) is 15.9 Å².